The molecule has 0 bridgehead atoms. The largest absolute Gasteiger partial charge is 0.480 e. The van der Waals surface area contributed by atoms with Gasteiger partial charge in [-0.3, -0.25) is 4.79 Å². The van der Waals surface area contributed by atoms with Crippen molar-refractivity contribution in [3.63, 3.8) is 0 Å². The third-order valence-corrected chi connectivity index (χ3v) is 2.83. The normalized spacial score (nSPS) is 17.0. The van der Waals surface area contributed by atoms with Crippen LogP contribution in [0.25, 0.3) is 0 Å². The lowest BCUT2D eigenvalue weighted by Gasteiger charge is -2.17. The van der Waals surface area contributed by atoms with E-state index in [-0.39, 0.29) is 11.8 Å². The van der Waals surface area contributed by atoms with Crippen molar-refractivity contribution in [2.75, 3.05) is 13.7 Å². The van der Waals surface area contributed by atoms with Gasteiger partial charge in [0.25, 0.3) is 0 Å². The van der Waals surface area contributed by atoms with E-state index in [2.05, 4.69) is 5.32 Å². The molecule has 0 aromatic rings. The molecule has 1 aliphatic rings. The zero-order valence-electron chi connectivity index (χ0n) is 10.0. The highest BCUT2D eigenvalue weighted by Gasteiger charge is 2.25. The molecule has 0 aromatic heterocycles. The minimum absolute atomic E-state index is 0.0979. The van der Waals surface area contributed by atoms with Gasteiger partial charge in [-0.1, -0.05) is 12.2 Å². The lowest BCUT2D eigenvalue weighted by molar-refractivity contribution is -0.142. The summed E-state index contributed by atoms with van der Waals surface area (Å²) in [6, 6.07) is -0.807. The highest BCUT2D eigenvalue weighted by atomic mass is 16.5. The Balaban J connectivity index is 2.37. The molecule has 17 heavy (non-hydrogen) atoms. The van der Waals surface area contributed by atoms with E-state index in [0.29, 0.717) is 32.3 Å². The fourth-order valence-corrected chi connectivity index (χ4v) is 1.81. The molecule has 0 radical (unpaired) electrons. The highest BCUT2D eigenvalue weighted by Crippen LogP contribution is 2.18. The van der Waals surface area contributed by atoms with Crippen molar-refractivity contribution in [3.05, 3.63) is 12.2 Å². The van der Waals surface area contributed by atoms with Crippen LogP contribution in [0.15, 0.2) is 12.2 Å². The van der Waals surface area contributed by atoms with Gasteiger partial charge in [-0.15, -0.1) is 0 Å². The molecule has 0 aromatic carbocycles. The molecule has 1 unspecified atom stereocenters. The lowest BCUT2D eigenvalue weighted by Crippen LogP contribution is -2.43. The molecular formula is C12H19NO4. The molecule has 0 heterocycles. The summed E-state index contributed by atoms with van der Waals surface area (Å²) in [5, 5.41) is 11.6. The average Bonchev–Trinajstić information content (AvgIpc) is 2.81. The number of allylic oxidation sites excluding steroid dienone is 2. The maximum absolute atomic E-state index is 11.7. The van der Waals surface area contributed by atoms with Crippen LogP contribution in [0.1, 0.15) is 25.7 Å². The number of methoxy groups -OCH3 is 1. The van der Waals surface area contributed by atoms with Crippen LogP contribution in [0, 0.1) is 5.92 Å². The minimum atomic E-state index is -0.986. The highest BCUT2D eigenvalue weighted by molar-refractivity contribution is 5.85. The van der Waals surface area contributed by atoms with E-state index < -0.39 is 12.0 Å². The lowest BCUT2D eigenvalue weighted by atomic mass is 10.1. The van der Waals surface area contributed by atoms with E-state index in [9.17, 15) is 9.59 Å². The number of hydrogen-bond acceptors (Lipinski definition) is 3. The molecule has 5 heteroatoms. The van der Waals surface area contributed by atoms with Gasteiger partial charge in [-0.25, -0.2) is 4.79 Å². The van der Waals surface area contributed by atoms with E-state index in [4.69, 9.17) is 9.84 Å². The van der Waals surface area contributed by atoms with Gasteiger partial charge in [-0.05, 0) is 25.7 Å². The summed E-state index contributed by atoms with van der Waals surface area (Å²) in [5.41, 5.74) is 0. The molecule has 1 aliphatic carbocycles. The predicted molar refractivity (Wildman–Crippen MR) is 62.5 cm³/mol. The first-order chi connectivity index (χ1) is 8.15. The molecule has 1 rings (SSSR count). The summed E-state index contributed by atoms with van der Waals surface area (Å²) < 4.78 is 4.86. The molecule has 5 nitrogen and oxygen atoms in total. The number of aliphatic carboxylic acids is 1. The summed E-state index contributed by atoms with van der Waals surface area (Å²) >= 11 is 0. The monoisotopic (exact) mass is 241 g/mol. The zero-order valence-corrected chi connectivity index (χ0v) is 10.0. The van der Waals surface area contributed by atoms with E-state index in [1.165, 1.54) is 0 Å². The molecule has 0 saturated carbocycles. The van der Waals surface area contributed by atoms with Gasteiger partial charge in [0.1, 0.15) is 6.04 Å². The van der Waals surface area contributed by atoms with Gasteiger partial charge >= 0.3 is 5.97 Å². The maximum Gasteiger partial charge on any atom is 0.326 e. The first-order valence-electron chi connectivity index (χ1n) is 5.82. The van der Waals surface area contributed by atoms with Crippen LogP contribution in [0.3, 0.4) is 0 Å². The molecular weight excluding hydrogens is 222 g/mol. The zero-order chi connectivity index (χ0) is 12.7. The van der Waals surface area contributed by atoms with Gasteiger partial charge in [0.15, 0.2) is 0 Å². The Morgan fingerprint density at radius 2 is 2.12 bits per heavy atom. The van der Waals surface area contributed by atoms with E-state index in [1.54, 1.807) is 7.11 Å². The standard InChI is InChI=1S/C12H19NO4/c1-17-8-4-7-10(12(15)16)13-11(14)9-5-2-3-6-9/h2-3,9-10H,4-8H2,1H3,(H,13,14)(H,15,16). The van der Waals surface area contributed by atoms with E-state index >= 15 is 0 Å². The van der Waals surface area contributed by atoms with Crippen LogP contribution >= 0.6 is 0 Å². The summed E-state index contributed by atoms with van der Waals surface area (Å²) in [4.78, 5) is 22.7. The molecule has 1 amide bonds. The Bertz CT molecular complexity index is 293. The summed E-state index contributed by atoms with van der Waals surface area (Å²) in [6.45, 7) is 0.505. The second-order valence-electron chi connectivity index (χ2n) is 4.17. The minimum Gasteiger partial charge on any atom is -0.480 e. The van der Waals surface area contributed by atoms with Crippen LogP contribution in [-0.2, 0) is 14.3 Å². The number of carbonyl (C=O) groups excluding carboxylic acids is 1. The maximum atomic E-state index is 11.7. The van der Waals surface area contributed by atoms with Crippen molar-refractivity contribution < 1.29 is 19.4 Å². The Morgan fingerprint density at radius 1 is 1.47 bits per heavy atom. The second-order valence-corrected chi connectivity index (χ2v) is 4.17. The van der Waals surface area contributed by atoms with Gasteiger partial charge in [-0.2, -0.15) is 0 Å². The first-order valence-corrected chi connectivity index (χ1v) is 5.82. The van der Waals surface area contributed by atoms with Crippen molar-refractivity contribution in [2.24, 2.45) is 5.92 Å². The summed E-state index contributed by atoms with van der Waals surface area (Å²) in [7, 11) is 1.57. The van der Waals surface area contributed by atoms with Gasteiger partial charge in [0.2, 0.25) is 5.91 Å². The quantitative estimate of drug-likeness (QED) is 0.514. The van der Waals surface area contributed by atoms with Crippen LogP contribution in [0.5, 0.6) is 0 Å². The van der Waals surface area contributed by atoms with Crippen LogP contribution in [0.2, 0.25) is 0 Å². The molecule has 0 fully saturated rings. The molecule has 0 aliphatic heterocycles. The number of amides is 1. The molecule has 2 N–H and O–H groups in total. The molecule has 96 valence electrons. The number of carboxylic acid groups (broad SMARTS) is 1. The summed E-state index contributed by atoms with van der Waals surface area (Å²) in [5.74, 6) is -1.25. The number of hydrogen-bond donors (Lipinski definition) is 2. The van der Waals surface area contributed by atoms with Crippen molar-refractivity contribution in [1.29, 1.82) is 0 Å². The Morgan fingerprint density at radius 3 is 2.65 bits per heavy atom. The van der Waals surface area contributed by atoms with Crippen LogP contribution < -0.4 is 5.32 Å². The number of nitrogens with one attached hydrogen (secondary N) is 1. The topological polar surface area (TPSA) is 75.6 Å². The third kappa shape index (κ3) is 4.56. The Labute approximate surface area is 101 Å². The van der Waals surface area contributed by atoms with Gasteiger partial charge < -0.3 is 15.2 Å². The fourth-order valence-electron chi connectivity index (χ4n) is 1.81. The number of ether oxygens (including phenoxy) is 1. The van der Waals surface area contributed by atoms with Gasteiger partial charge in [0, 0.05) is 19.6 Å². The average molecular weight is 241 g/mol. The molecule has 0 saturated heterocycles. The van der Waals surface area contributed by atoms with Crippen molar-refractivity contribution >= 4 is 11.9 Å². The van der Waals surface area contributed by atoms with E-state index in [0.717, 1.165) is 0 Å². The summed E-state index contributed by atoms with van der Waals surface area (Å²) in [6.07, 6.45) is 6.33. The number of carbonyl (C=O) groups is 2. The predicted octanol–water partition coefficient (Wildman–Crippen LogP) is 0.949. The van der Waals surface area contributed by atoms with Crippen LogP contribution in [-0.4, -0.2) is 36.7 Å². The van der Waals surface area contributed by atoms with Crippen molar-refractivity contribution in [1.82, 2.24) is 5.32 Å². The number of carboxylic acids is 1. The molecule has 1 atom stereocenters. The van der Waals surface area contributed by atoms with Crippen molar-refractivity contribution in [2.45, 2.75) is 31.7 Å². The second kappa shape index (κ2) is 7.06. The first kappa shape index (κ1) is 13.7. The Hall–Kier alpha value is -1.36. The fraction of sp³-hybridized carbons (Fsp3) is 0.667. The SMILES string of the molecule is COCCCC(NC(=O)C1CC=CC1)C(=O)O. The van der Waals surface area contributed by atoms with Crippen LogP contribution in [0.4, 0.5) is 0 Å². The smallest absolute Gasteiger partial charge is 0.326 e. The van der Waals surface area contributed by atoms with Gasteiger partial charge in [0.05, 0.1) is 0 Å². The Kier molecular flexibility index (Phi) is 5.69. The number of rotatable bonds is 7. The third-order valence-electron chi connectivity index (χ3n) is 2.83. The van der Waals surface area contributed by atoms with Crippen molar-refractivity contribution in [3.8, 4) is 0 Å². The molecule has 0 spiro atoms. The van der Waals surface area contributed by atoms with E-state index in [1.807, 2.05) is 12.2 Å².